The van der Waals surface area contributed by atoms with Gasteiger partial charge in [0.25, 0.3) is 0 Å². The van der Waals surface area contributed by atoms with E-state index in [1.807, 2.05) is 0 Å². The van der Waals surface area contributed by atoms with Crippen LogP contribution in [0.2, 0.25) is 0 Å². The van der Waals surface area contributed by atoms with Gasteiger partial charge < -0.3 is 10.1 Å². The zero-order chi connectivity index (χ0) is 13.4. The number of hydrogen-bond acceptors (Lipinski definition) is 2. The van der Waals surface area contributed by atoms with Crippen LogP contribution in [0.5, 0.6) is 5.75 Å². The van der Waals surface area contributed by atoms with Crippen LogP contribution in [-0.4, -0.2) is 19.7 Å². The zero-order valence-electron chi connectivity index (χ0n) is 10.4. The number of halogens is 3. The first-order valence-corrected chi connectivity index (χ1v) is 6.92. The van der Waals surface area contributed by atoms with Gasteiger partial charge in [-0.2, -0.15) is 0 Å². The second-order valence-electron chi connectivity index (χ2n) is 4.00. The lowest BCUT2D eigenvalue weighted by Gasteiger charge is -2.09. The Morgan fingerprint density at radius 3 is 2.67 bits per heavy atom. The van der Waals surface area contributed by atoms with Gasteiger partial charge >= 0.3 is 0 Å². The van der Waals surface area contributed by atoms with Gasteiger partial charge in [0.2, 0.25) is 0 Å². The molecule has 0 atom stereocenters. The molecule has 0 aliphatic carbocycles. The monoisotopic (exact) mass is 321 g/mol. The summed E-state index contributed by atoms with van der Waals surface area (Å²) in [4.78, 5) is 0. The molecule has 18 heavy (non-hydrogen) atoms. The summed E-state index contributed by atoms with van der Waals surface area (Å²) < 4.78 is 31.8. The smallest absolute Gasteiger partial charge is 0.169 e. The zero-order valence-corrected chi connectivity index (χ0v) is 12.0. The largest absolute Gasteiger partial charge is 0.489 e. The number of ether oxygens (including phenoxy) is 1. The van der Waals surface area contributed by atoms with E-state index in [0.29, 0.717) is 11.1 Å². The van der Waals surface area contributed by atoms with Crippen molar-refractivity contribution >= 4 is 15.9 Å². The highest BCUT2D eigenvalue weighted by molar-refractivity contribution is 9.10. The first kappa shape index (κ1) is 15.4. The summed E-state index contributed by atoms with van der Waals surface area (Å²) in [5.41, 5.74) is 0. The minimum Gasteiger partial charge on any atom is -0.489 e. The van der Waals surface area contributed by atoms with Crippen LogP contribution in [0.25, 0.3) is 0 Å². The van der Waals surface area contributed by atoms with Gasteiger partial charge in [-0.15, -0.1) is 0 Å². The van der Waals surface area contributed by atoms with E-state index in [4.69, 9.17) is 4.74 Å². The van der Waals surface area contributed by atoms with Crippen molar-refractivity contribution in [1.29, 1.82) is 0 Å². The van der Waals surface area contributed by atoms with Crippen molar-refractivity contribution in [3.63, 3.8) is 0 Å². The van der Waals surface area contributed by atoms with E-state index in [1.165, 1.54) is 6.07 Å². The molecule has 0 spiro atoms. The van der Waals surface area contributed by atoms with Gasteiger partial charge in [0.15, 0.2) is 11.6 Å². The second-order valence-corrected chi connectivity index (χ2v) is 4.86. The summed E-state index contributed by atoms with van der Waals surface area (Å²) >= 11 is 3.08. The average molecular weight is 322 g/mol. The van der Waals surface area contributed by atoms with Crippen LogP contribution in [0.4, 0.5) is 8.78 Å². The highest BCUT2D eigenvalue weighted by atomic mass is 79.9. The number of benzene rings is 1. The highest BCUT2D eigenvalue weighted by Crippen LogP contribution is 2.29. The Labute approximate surface area is 115 Å². The molecule has 0 amide bonds. The van der Waals surface area contributed by atoms with Gasteiger partial charge in [0.05, 0.1) is 11.1 Å². The predicted octanol–water partition coefficient (Wildman–Crippen LogP) is 3.89. The van der Waals surface area contributed by atoms with Gasteiger partial charge in [-0.05, 0) is 54.3 Å². The third kappa shape index (κ3) is 5.31. The first-order chi connectivity index (χ1) is 8.65. The maximum Gasteiger partial charge on any atom is 0.169 e. The predicted molar refractivity (Wildman–Crippen MR) is 71.9 cm³/mol. The van der Waals surface area contributed by atoms with Crippen molar-refractivity contribution < 1.29 is 13.5 Å². The van der Waals surface area contributed by atoms with Crippen LogP contribution in [0, 0.1) is 11.6 Å². The quantitative estimate of drug-likeness (QED) is 0.733. The second kappa shape index (κ2) is 8.43. The number of unbranched alkanes of at least 4 members (excludes halogenated alkanes) is 1. The summed E-state index contributed by atoms with van der Waals surface area (Å²) in [5.74, 6) is -1.21. The van der Waals surface area contributed by atoms with E-state index < -0.39 is 11.6 Å². The van der Waals surface area contributed by atoms with Gasteiger partial charge in [-0.1, -0.05) is 6.92 Å². The molecule has 1 aromatic carbocycles. The fourth-order valence-electron chi connectivity index (χ4n) is 1.49. The van der Waals surface area contributed by atoms with Crippen LogP contribution in [0.15, 0.2) is 16.6 Å². The van der Waals surface area contributed by atoms with E-state index in [-0.39, 0.29) is 5.75 Å². The van der Waals surface area contributed by atoms with Gasteiger partial charge in [0, 0.05) is 6.07 Å². The molecule has 0 bridgehead atoms. The van der Waals surface area contributed by atoms with E-state index >= 15 is 0 Å². The lowest BCUT2D eigenvalue weighted by molar-refractivity contribution is 0.288. The molecule has 0 aliphatic rings. The molecule has 2 nitrogen and oxygen atoms in total. The highest BCUT2D eigenvalue weighted by Gasteiger charge is 2.10. The summed E-state index contributed by atoms with van der Waals surface area (Å²) in [5, 5.41) is 3.28. The maximum atomic E-state index is 13.4. The van der Waals surface area contributed by atoms with Crippen LogP contribution in [-0.2, 0) is 0 Å². The van der Waals surface area contributed by atoms with Crippen molar-refractivity contribution in [2.45, 2.75) is 26.2 Å². The molecule has 1 N–H and O–H groups in total. The van der Waals surface area contributed by atoms with Crippen LogP contribution in [0.3, 0.4) is 0 Å². The van der Waals surface area contributed by atoms with Crippen LogP contribution < -0.4 is 10.1 Å². The molecule has 1 aromatic rings. The third-order valence-corrected chi connectivity index (χ3v) is 2.97. The summed E-state index contributed by atoms with van der Waals surface area (Å²) in [6.45, 7) is 4.49. The van der Waals surface area contributed by atoms with E-state index in [9.17, 15) is 8.78 Å². The lowest BCUT2D eigenvalue weighted by atomic mass is 10.3. The molecule has 0 heterocycles. The molecule has 0 aliphatic heterocycles. The topological polar surface area (TPSA) is 21.3 Å². The Balaban J connectivity index is 2.27. The molecule has 102 valence electrons. The fraction of sp³-hybridized carbons (Fsp3) is 0.538. The molecule has 0 aromatic heterocycles. The van der Waals surface area contributed by atoms with Crippen molar-refractivity contribution in [3.05, 3.63) is 28.2 Å². The molecule has 0 unspecified atom stereocenters. The summed E-state index contributed by atoms with van der Waals surface area (Å²) in [6.07, 6.45) is 2.92. The first-order valence-electron chi connectivity index (χ1n) is 6.13. The van der Waals surface area contributed by atoms with Crippen LogP contribution >= 0.6 is 15.9 Å². The average Bonchev–Trinajstić information content (AvgIpc) is 2.30. The Kier molecular flexibility index (Phi) is 7.20. The van der Waals surface area contributed by atoms with Gasteiger partial charge in [-0.3, -0.25) is 0 Å². The minimum atomic E-state index is -0.675. The Bertz CT molecular complexity index is 351. The Hall–Kier alpha value is -0.680. The molecular formula is C13H18BrF2NO. The lowest BCUT2D eigenvalue weighted by Crippen LogP contribution is -2.16. The van der Waals surface area contributed by atoms with Gasteiger partial charge in [-0.25, -0.2) is 8.78 Å². The van der Waals surface area contributed by atoms with Crippen molar-refractivity contribution in [2.75, 3.05) is 19.7 Å². The molecule has 0 fully saturated rings. The summed E-state index contributed by atoms with van der Waals surface area (Å²) in [7, 11) is 0. The molecule has 5 heteroatoms. The summed E-state index contributed by atoms with van der Waals surface area (Å²) in [6, 6.07) is 2.02. The van der Waals surface area contributed by atoms with E-state index in [2.05, 4.69) is 28.2 Å². The number of rotatable bonds is 8. The Morgan fingerprint density at radius 1 is 1.22 bits per heavy atom. The number of nitrogens with one attached hydrogen (secondary N) is 1. The molecule has 0 radical (unpaired) electrons. The standard InChI is InChI=1S/C13H18BrF2NO/c1-2-5-17-6-3-4-7-18-13-11(14)8-10(15)9-12(13)16/h8-9,17H,2-7H2,1H3. The normalized spacial score (nSPS) is 10.7. The molecule has 1 rings (SSSR count). The maximum absolute atomic E-state index is 13.4. The Morgan fingerprint density at radius 2 is 2.00 bits per heavy atom. The van der Waals surface area contributed by atoms with Crippen LogP contribution in [0.1, 0.15) is 26.2 Å². The third-order valence-electron chi connectivity index (χ3n) is 2.38. The fourth-order valence-corrected chi connectivity index (χ4v) is 2.02. The van der Waals surface area contributed by atoms with Crippen molar-refractivity contribution in [3.8, 4) is 5.75 Å². The van der Waals surface area contributed by atoms with Crippen molar-refractivity contribution in [1.82, 2.24) is 5.32 Å². The van der Waals surface area contributed by atoms with Crippen molar-refractivity contribution in [2.24, 2.45) is 0 Å². The minimum absolute atomic E-state index is 0.0814. The van der Waals surface area contributed by atoms with Gasteiger partial charge in [0.1, 0.15) is 5.82 Å². The van der Waals surface area contributed by atoms with E-state index in [0.717, 1.165) is 38.4 Å². The SMILES string of the molecule is CCCNCCCCOc1c(F)cc(F)cc1Br. The van der Waals surface area contributed by atoms with E-state index in [1.54, 1.807) is 0 Å². The number of hydrogen-bond donors (Lipinski definition) is 1. The molecular weight excluding hydrogens is 304 g/mol. The molecule has 0 saturated heterocycles. The molecule has 0 saturated carbocycles.